The molecule has 10 heteroatoms. The Hall–Kier alpha value is -1.29. The van der Waals surface area contributed by atoms with E-state index in [-0.39, 0.29) is 0 Å². The lowest BCUT2D eigenvalue weighted by atomic mass is 13.4. The largest absolute Gasteiger partial charge is 0.468 e. The zero-order valence-electron chi connectivity index (χ0n) is 4.24. The van der Waals surface area contributed by atoms with Gasteiger partial charge in [0.2, 0.25) is 0 Å². The molecule has 0 aromatic heterocycles. The monoisotopic (exact) mass is 174 g/mol. The standard InChI is InChI=1S/HNO5S.HNO2/c2-1-6-7(3,4)5;2-1-3/h(H,3,4,5);(H,2,3). The van der Waals surface area contributed by atoms with Crippen molar-refractivity contribution in [1.29, 1.82) is 0 Å². The summed E-state index contributed by atoms with van der Waals surface area (Å²) in [6.07, 6.45) is 0. The molecule has 0 atom stereocenters. The Balaban J connectivity index is 0. The average molecular weight is 174 g/mol. The van der Waals surface area contributed by atoms with E-state index in [0.29, 0.717) is 0 Å². The summed E-state index contributed by atoms with van der Waals surface area (Å²) in [7, 11) is -4.65. The second kappa shape index (κ2) is 5.84. The van der Waals surface area contributed by atoms with Crippen LogP contribution >= 0.6 is 0 Å². The van der Waals surface area contributed by atoms with Crippen LogP contribution in [0.2, 0.25) is 0 Å². The lowest BCUT2D eigenvalue weighted by molar-refractivity contribution is 0.278. The molecule has 9 nitrogen and oxygen atoms in total. The van der Waals surface area contributed by atoms with E-state index in [1.54, 1.807) is 0 Å². The van der Waals surface area contributed by atoms with E-state index >= 15 is 0 Å². The lowest BCUT2D eigenvalue weighted by Crippen LogP contribution is -1.95. The van der Waals surface area contributed by atoms with Crippen LogP contribution < -0.4 is 0 Å². The molecule has 0 spiro atoms. The van der Waals surface area contributed by atoms with E-state index in [2.05, 4.69) is 4.28 Å². The topological polar surface area (TPSA) is 143 Å². The van der Waals surface area contributed by atoms with Gasteiger partial charge in [0.1, 0.15) is 0 Å². The van der Waals surface area contributed by atoms with E-state index in [4.69, 9.17) is 19.6 Å². The Morgan fingerprint density at radius 1 is 1.30 bits per heavy atom. The van der Waals surface area contributed by atoms with E-state index in [0.717, 1.165) is 0 Å². The van der Waals surface area contributed by atoms with Crippen molar-refractivity contribution in [2.75, 3.05) is 0 Å². The first-order valence-corrected chi connectivity index (χ1v) is 2.80. The molecule has 0 aliphatic carbocycles. The van der Waals surface area contributed by atoms with Gasteiger partial charge >= 0.3 is 10.4 Å². The molecule has 0 bridgehead atoms. The third-order valence-corrected chi connectivity index (χ3v) is 0.374. The smallest absolute Gasteiger partial charge is 0.379 e. The van der Waals surface area contributed by atoms with Gasteiger partial charge in [0.15, 0.2) is 10.7 Å². The molecule has 0 heterocycles. The third kappa shape index (κ3) is 29.8. The van der Waals surface area contributed by atoms with E-state index in [1.165, 1.54) is 10.7 Å². The summed E-state index contributed by atoms with van der Waals surface area (Å²) in [6, 6.07) is 0. The van der Waals surface area contributed by atoms with Crippen LogP contribution in [0.3, 0.4) is 0 Å². The van der Waals surface area contributed by atoms with Gasteiger partial charge in [-0.05, 0) is 0 Å². The van der Waals surface area contributed by atoms with Gasteiger partial charge < -0.3 is 5.21 Å². The van der Waals surface area contributed by atoms with Crippen LogP contribution in [0, 0.1) is 9.81 Å². The van der Waals surface area contributed by atoms with Gasteiger partial charge in [-0.1, -0.05) is 0 Å². The molecule has 0 unspecified atom stereocenters. The third-order valence-electron chi connectivity index (χ3n) is 0.125. The van der Waals surface area contributed by atoms with E-state index in [9.17, 15) is 8.42 Å². The Morgan fingerprint density at radius 2 is 1.60 bits per heavy atom. The predicted molar refractivity (Wildman–Crippen MR) is 26.0 cm³/mol. The summed E-state index contributed by atoms with van der Waals surface area (Å²) < 4.78 is 28.8. The zero-order valence-corrected chi connectivity index (χ0v) is 5.05. The number of hydrogen-bond acceptors (Lipinski definition) is 7. The van der Waals surface area contributed by atoms with Crippen molar-refractivity contribution in [3.63, 3.8) is 0 Å². The molecular formula is H2N2O7S. The molecule has 0 aromatic carbocycles. The summed E-state index contributed by atoms with van der Waals surface area (Å²) in [6.45, 7) is 0. The van der Waals surface area contributed by atoms with Crippen molar-refractivity contribution >= 4 is 10.4 Å². The summed E-state index contributed by atoms with van der Waals surface area (Å²) in [5, 5.41) is 9.31. The van der Waals surface area contributed by atoms with Gasteiger partial charge in [0, 0.05) is 0 Å². The molecule has 0 saturated heterocycles. The summed E-state index contributed by atoms with van der Waals surface area (Å²) >= 11 is 0. The van der Waals surface area contributed by atoms with Crippen molar-refractivity contribution in [3.05, 3.63) is 9.81 Å². The fraction of sp³-hybridized carbons (Fsp3) is 0. The molecule has 0 fully saturated rings. The highest BCUT2D eigenvalue weighted by molar-refractivity contribution is 7.80. The maximum Gasteiger partial charge on any atom is 0.468 e. The van der Waals surface area contributed by atoms with Crippen LogP contribution in [0.4, 0.5) is 0 Å². The molecular weight excluding hydrogens is 172 g/mol. The van der Waals surface area contributed by atoms with Crippen molar-refractivity contribution in [3.8, 4) is 0 Å². The maximum atomic E-state index is 9.27. The summed E-state index contributed by atoms with van der Waals surface area (Å²) in [5.41, 5.74) is 0. The quantitative estimate of drug-likeness (QED) is 0.330. The molecule has 0 radical (unpaired) electrons. The Kier molecular flexibility index (Phi) is 6.72. The first-order valence-electron chi connectivity index (χ1n) is 1.43. The van der Waals surface area contributed by atoms with Gasteiger partial charge in [0.25, 0.3) is 0 Å². The van der Waals surface area contributed by atoms with Crippen molar-refractivity contribution in [2.45, 2.75) is 0 Å². The molecule has 0 aliphatic heterocycles. The molecule has 10 heavy (non-hydrogen) atoms. The molecule has 0 aromatic rings. The molecule has 60 valence electrons. The fourth-order valence-electron chi connectivity index (χ4n) is 0.0385. The number of nitrogens with zero attached hydrogens (tertiary/aromatic N) is 2. The predicted octanol–water partition coefficient (Wildman–Crippen LogP) is -0.371. The van der Waals surface area contributed by atoms with Crippen LogP contribution in [-0.2, 0) is 14.7 Å². The molecule has 0 saturated carbocycles. The number of hydrogen-bond donors (Lipinski definition) is 2. The summed E-state index contributed by atoms with van der Waals surface area (Å²) in [5.74, 6) is 0. The highest BCUT2D eigenvalue weighted by atomic mass is 32.3. The van der Waals surface area contributed by atoms with E-state index in [1.807, 2.05) is 0 Å². The van der Waals surface area contributed by atoms with Crippen LogP contribution in [0.15, 0.2) is 10.7 Å². The van der Waals surface area contributed by atoms with Gasteiger partial charge in [-0.3, -0.25) is 4.55 Å². The van der Waals surface area contributed by atoms with Gasteiger partial charge in [0.05, 0.1) is 0 Å². The Morgan fingerprint density at radius 3 is 1.60 bits per heavy atom. The van der Waals surface area contributed by atoms with Crippen LogP contribution in [0.1, 0.15) is 0 Å². The Labute approximate surface area is 54.4 Å². The van der Waals surface area contributed by atoms with Crippen LogP contribution in [0.5, 0.6) is 0 Å². The molecule has 2 N–H and O–H groups in total. The second-order valence-corrected chi connectivity index (χ2v) is 1.66. The summed E-state index contributed by atoms with van der Waals surface area (Å²) in [4.78, 5) is 16.9. The first-order chi connectivity index (χ1) is 4.47. The minimum absolute atomic E-state index is 1.25. The molecule has 0 aliphatic rings. The van der Waals surface area contributed by atoms with Gasteiger partial charge in [-0.2, -0.15) is 8.42 Å². The van der Waals surface area contributed by atoms with Gasteiger partial charge in [-0.25, -0.2) is 4.28 Å². The molecule has 0 rings (SSSR count). The van der Waals surface area contributed by atoms with Crippen molar-refractivity contribution in [1.82, 2.24) is 0 Å². The zero-order chi connectivity index (χ0) is 8.62. The normalized spacial score (nSPS) is 8.50. The second-order valence-electron chi connectivity index (χ2n) is 0.658. The minimum Gasteiger partial charge on any atom is -0.379 e. The Bertz CT molecular complexity index is 178. The lowest BCUT2D eigenvalue weighted by Gasteiger charge is -1.80. The van der Waals surface area contributed by atoms with Gasteiger partial charge in [-0.15, -0.1) is 9.81 Å². The number of rotatable bonds is 2. The van der Waals surface area contributed by atoms with Crippen LogP contribution in [-0.4, -0.2) is 18.2 Å². The highest BCUT2D eigenvalue weighted by Crippen LogP contribution is 1.82. The van der Waals surface area contributed by atoms with E-state index < -0.39 is 10.4 Å². The van der Waals surface area contributed by atoms with Crippen LogP contribution in [0.25, 0.3) is 0 Å². The fourth-order valence-corrected chi connectivity index (χ4v) is 0.115. The maximum absolute atomic E-state index is 9.27. The van der Waals surface area contributed by atoms with Crippen molar-refractivity contribution < 1.29 is 22.5 Å². The first kappa shape index (κ1) is 11.5. The SMILES string of the molecule is O=NO.O=NOS(=O)(=O)O. The van der Waals surface area contributed by atoms with Crippen molar-refractivity contribution in [2.24, 2.45) is 10.7 Å². The molecule has 0 amide bonds. The average Bonchev–Trinajstić information content (AvgIpc) is 1.63. The minimum atomic E-state index is -4.65. The highest BCUT2D eigenvalue weighted by Gasteiger charge is 2.01.